The van der Waals surface area contributed by atoms with E-state index in [0.717, 1.165) is 6.42 Å². The quantitative estimate of drug-likeness (QED) is 0.198. The summed E-state index contributed by atoms with van der Waals surface area (Å²) in [4.78, 5) is 11.9. The van der Waals surface area contributed by atoms with Crippen molar-refractivity contribution in [3.8, 4) is 0 Å². The lowest BCUT2D eigenvalue weighted by Crippen LogP contribution is -2.28. The first-order valence-corrected chi connectivity index (χ1v) is 11.2. The fourth-order valence-corrected chi connectivity index (χ4v) is 3.54. The van der Waals surface area contributed by atoms with E-state index in [1.807, 2.05) is 0 Å². The van der Waals surface area contributed by atoms with Crippen molar-refractivity contribution in [2.45, 2.75) is 131 Å². The summed E-state index contributed by atoms with van der Waals surface area (Å²) >= 11 is 0. The van der Waals surface area contributed by atoms with Crippen LogP contribution in [0.3, 0.4) is 0 Å². The van der Waals surface area contributed by atoms with Gasteiger partial charge in [0.1, 0.15) is 6.10 Å². The van der Waals surface area contributed by atoms with E-state index in [9.17, 15) is 4.79 Å². The minimum absolute atomic E-state index is 0.00419. The molecule has 25 heavy (non-hydrogen) atoms. The first-order chi connectivity index (χ1) is 12.0. The molecule has 0 spiro atoms. The number of unbranched alkanes of at least 4 members (excludes halogenated alkanes) is 12. The zero-order valence-electron chi connectivity index (χ0n) is 17.9. The molecule has 0 aromatic rings. The van der Waals surface area contributed by atoms with Crippen molar-refractivity contribution in [1.82, 2.24) is 0 Å². The van der Waals surface area contributed by atoms with Crippen LogP contribution in [0, 0.1) is 11.8 Å². The van der Waals surface area contributed by atoms with Gasteiger partial charge in [0.25, 0.3) is 0 Å². The number of hydrogen-bond acceptors (Lipinski definition) is 2. The van der Waals surface area contributed by atoms with Gasteiger partial charge < -0.3 is 4.74 Å². The summed E-state index contributed by atoms with van der Waals surface area (Å²) in [6.45, 7) is 10.8. The summed E-state index contributed by atoms with van der Waals surface area (Å²) in [5.41, 5.74) is 0. The van der Waals surface area contributed by atoms with E-state index in [1.165, 1.54) is 77.0 Å². The third-order valence-corrected chi connectivity index (χ3v) is 5.07. The topological polar surface area (TPSA) is 26.3 Å². The fraction of sp³-hybridized carbons (Fsp3) is 0.957. The third kappa shape index (κ3) is 15.4. The van der Waals surface area contributed by atoms with Crippen molar-refractivity contribution >= 4 is 5.97 Å². The molecule has 0 saturated carbocycles. The van der Waals surface area contributed by atoms with Gasteiger partial charge in [-0.15, -0.1) is 0 Å². The molecule has 0 unspecified atom stereocenters. The van der Waals surface area contributed by atoms with Gasteiger partial charge >= 0.3 is 5.97 Å². The molecule has 150 valence electrons. The van der Waals surface area contributed by atoms with Gasteiger partial charge in [-0.05, 0) is 18.3 Å². The Morgan fingerprint density at radius 1 is 0.640 bits per heavy atom. The lowest BCUT2D eigenvalue weighted by Gasteiger charge is -2.24. The molecule has 0 radical (unpaired) electrons. The van der Waals surface area contributed by atoms with E-state index in [-0.39, 0.29) is 12.1 Å². The van der Waals surface area contributed by atoms with Crippen LogP contribution in [-0.4, -0.2) is 12.1 Å². The van der Waals surface area contributed by atoms with E-state index in [0.29, 0.717) is 18.3 Å². The standard InChI is InChI=1S/C23H46O2/c1-6-7-8-9-10-11-12-13-14-15-16-17-18-19-22(24)25-23(20(2)3)21(4)5/h20-21,23H,6-19H2,1-5H3. The molecule has 0 aliphatic rings. The van der Waals surface area contributed by atoms with E-state index >= 15 is 0 Å². The Labute approximate surface area is 158 Å². The van der Waals surface area contributed by atoms with Crippen molar-refractivity contribution in [3.63, 3.8) is 0 Å². The molecule has 0 heterocycles. The largest absolute Gasteiger partial charge is 0.462 e. The summed E-state index contributed by atoms with van der Waals surface area (Å²) < 4.78 is 5.64. The van der Waals surface area contributed by atoms with Crippen molar-refractivity contribution in [3.05, 3.63) is 0 Å². The van der Waals surface area contributed by atoms with Crippen LogP contribution in [0.15, 0.2) is 0 Å². The highest BCUT2D eigenvalue weighted by atomic mass is 16.5. The molecular formula is C23H46O2. The number of esters is 1. The third-order valence-electron chi connectivity index (χ3n) is 5.07. The number of carbonyl (C=O) groups excluding carboxylic acids is 1. The number of carbonyl (C=O) groups is 1. The van der Waals surface area contributed by atoms with E-state index in [2.05, 4.69) is 34.6 Å². The Balaban J connectivity index is 3.39. The molecule has 0 rings (SSSR count). The van der Waals surface area contributed by atoms with Gasteiger partial charge in [-0.1, -0.05) is 112 Å². The lowest BCUT2D eigenvalue weighted by molar-refractivity contribution is -0.154. The molecule has 0 aliphatic carbocycles. The zero-order chi connectivity index (χ0) is 18.9. The Morgan fingerprint density at radius 3 is 1.36 bits per heavy atom. The molecule has 0 fully saturated rings. The first kappa shape index (κ1) is 24.5. The second-order valence-electron chi connectivity index (χ2n) is 8.44. The predicted octanol–water partition coefficient (Wildman–Crippen LogP) is 7.69. The Kier molecular flexibility index (Phi) is 16.6. The normalized spacial score (nSPS) is 11.7. The summed E-state index contributed by atoms with van der Waals surface area (Å²) in [5, 5.41) is 0. The van der Waals surface area contributed by atoms with Crippen molar-refractivity contribution in [2.24, 2.45) is 11.8 Å². The highest BCUT2D eigenvalue weighted by Gasteiger charge is 2.21. The second kappa shape index (κ2) is 16.9. The molecule has 0 N–H and O–H groups in total. The number of ether oxygens (including phenoxy) is 1. The van der Waals surface area contributed by atoms with Gasteiger partial charge in [0.2, 0.25) is 0 Å². The van der Waals surface area contributed by atoms with Crippen LogP contribution in [-0.2, 0) is 9.53 Å². The van der Waals surface area contributed by atoms with Crippen LogP contribution in [0.2, 0.25) is 0 Å². The Morgan fingerprint density at radius 2 is 1.00 bits per heavy atom. The highest BCUT2D eigenvalue weighted by molar-refractivity contribution is 5.69. The van der Waals surface area contributed by atoms with E-state index in [4.69, 9.17) is 4.74 Å². The van der Waals surface area contributed by atoms with Crippen LogP contribution in [0.5, 0.6) is 0 Å². The monoisotopic (exact) mass is 354 g/mol. The number of hydrogen-bond donors (Lipinski definition) is 0. The van der Waals surface area contributed by atoms with Crippen LogP contribution >= 0.6 is 0 Å². The Bertz CT molecular complexity index is 288. The van der Waals surface area contributed by atoms with Gasteiger partial charge in [-0.3, -0.25) is 4.79 Å². The van der Waals surface area contributed by atoms with E-state index in [1.54, 1.807) is 0 Å². The van der Waals surface area contributed by atoms with Gasteiger partial charge in [0.15, 0.2) is 0 Å². The molecule has 0 aliphatic heterocycles. The average Bonchev–Trinajstić information content (AvgIpc) is 2.56. The van der Waals surface area contributed by atoms with Crippen LogP contribution < -0.4 is 0 Å². The maximum atomic E-state index is 11.9. The number of rotatable bonds is 17. The summed E-state index contributed by atoms with van der Waals surface area (Å²) in [7, 11) is 0. The highest BCUT2D eigenvalue weighted by Crippen LogP contribution is 2.18. The van der Waals surface area contributed by atoms with Gasteiger partial charge in [-0.25, -0.2) is 0 Å². The minimum atomic E-state index is -0.00419. The molecule has 0 amide bonds. The van der Waals surface area contributed by atoms with Gasteiger partial charge in [0, 0.05) is 6.42 Å². The Hall–Kier alpha value is -0.530. The summed E-state index contributed by atoms with van der Waals surface area (Å²) in [6, 6.07) is 0. The summed E-state index contributed by atoms with van der Waals surface area (Å²) in [6.07, 6.45) is 18.0. The fourth-order valence-electron chi connectivity index (χ4n) is 3.54. The molecule has 0 atom stereocenters. The van der Waals surface area contributed by atoms with Crippen LogP contribution in [0.4, 0.5) is 0 Å². The second-order valence-corrected chi connectivity index (χ2v) is 8.44. The molecule has 2 heteroatoms. The molecule has 2 nitrogen and oxygen atoms in total. The summed E-state index contributed by atoms with van der Waals surface area (Å²) in [5.74, 6) is 0.793. The van der Waals surface area contributed by atoms with Crippen molar-refractivity contribution in [2.75, 3.05) is 0 Å². The SMILES string of the molecule is CCCCCCCCCCCCCCCC(=O)OC(C(C)C)C(C)C. The lowest BCUT2D eigenvalue weighted by atomic mass is 9.96. The zero-order valence-corrected chi connectivity index (χ0v) is 17.9. The van der Waals surface area contributed by atoms with Crippen molar-refractivity contribution in [1.29, 1.82) is 0 Å². The minimum Gasteiger partial charge on any atom is -0.462 e. The maximum absolute atomic E-state index is 11.9. The molecule has 0 saturated heterocycles. The first-order valence-electron chi connectivity index (χ1n) is 11.2. The van der Waals surface area contributed by atoms with E-state index < -0.39 is 0 Å². The molecule has 0 aromatic carbocycles. The van der Waals surface area contributed by atoms with Gasteiger partial charge in [-0.2, -0.15) is 0 Å². The molecule has 0 aromatic heterocycles. The molecule has 0 bridgehead atoms. The van der Waals surface area contributed by atoms with Crippen molar-refractivity contribution < 1.29 is 9.53 Å². The smallest absolute Gasteiger partial charge is 0.306 e. The van der Waals surface area contributed by atoms with Crippen LogP contribution in [0.1, 0.15) is 125 Å². The maximum Gasteiger partial charge on any atom is 0.306 e. The predicted molar refractivity (Wildman–Crippen MR) is 110 cm³/mol. The van der Waals surface area contributed by atoms with Crippen LogP contribution in [0.25, 0.3) is 0 Å². The molecular weight excluding hydrogens is 308 g/mol. The van der Waals surface area contributed by atoms with Gasteiger partial charge in [0.05, 0.1) is 0 Å². The average molecular weight is 355 g/mol.